The molecular weight excluding hydrogens is 233 g/mol. The van der Waals surface area contributed by atoms with E-state index in [1.54, 1.807) is 6.07 Å². The number of aliphatic carboxylic acids is 1. The fourth-order valence-corrected chi connectivity index (χ4v) is 2.05. The average molecular weight is 241 g/mol. The van der Waals surface area contributed by atoms with Crippen molar-refractivity contribution in [3.05, 3.63) is 35.1 Å². The Morgan fingerprint density at radius 2 is 2.25 bits per heavy atom. The van der Waals surface area contributed by atoms with Crippen molar-refractivity contribution in [1.29, 1.82) is 5.26 Å². The van der Waals surface area contributed by atoms with E-state index in [-0.39, 0.29) is 16.9 Å². The van der Waals surface area contributed by atoms with E-state index in [9.17, 15) is 13.4 Å². The molecule has 0 bridgehead atoms. The number of carboxylic acids is 1. The summed E-state index contributed by atoms with van der Waals surface area (Å²) in [7, 11) is -1.64. The predicted octanol–water partition coefficient (Wildman–Crippen LogP) is 1.03. The van der Waals surface area contributed by atoms with Gasteiger partial charge in [-0.25, -0.2) is 4.39 Å². The molecule has 1 atom stereocenters. The van der Waals surface area contributed by atoms with Gasteiger partial charge in [-0.05, 0) is 12.1 Å². The van der Waals surface area contributed by atoms with Crippen LogP contribution in [0.5, 0.6) is 0 Å². The van der Waals surface area contributed by atoms with Gasteiger partial charge in [-0.3, -0.25) is 9.00 Å². The van der Waals surface area contributed by atoms with Crippen LogP contribution in [0.4, 0.5) is 4.39 Å². The molecule has 1 aromatic carbocycles. The van der Waals surface area contributed by atoms with E-state index in [0.29, 0.717) is 0 Å². The predicted molar refractivity (Wildman–Crippen MR) is 55.5 cm³/mol. The summed E-state index contributed by atoms with van der Waals surface area (Å²) in [6.45, 7) is 0. The van der Waals surface area contributed by atoms with Gasteiger partial charge in [0.15, 0.2) is 0 Å². The maximum absolute atomic E-state index is 13.3. The molecule has 0 aliphatic rings. The Kier molecular flexibility index (Phi) is 4.14. The third-order valence-corrected chi connectivity index (χ3v) is 2.99. The zero-order valence-electron chi connectivity index (χ0n) is 8.14. The first-order chi connectivity index (χ1) is 7.52. The van der Waals surface area contributed by atoms with Crippen molar-refractivity contribution in [3.8, 4) is 6.07 Å². The minimum Gasteiger partial charge on any atom is -0.481 e. The Labute approximate surface area is 93.8 Å². The molecule has 0 amide bonds. The number of benzene rings is 1. The molecule has 1 unspecified atom stereocenters. The molecular formula is C10H8FNO3S. The number of hydrogen-bond donors (Lipinski definition) is 1. The van der Waals surface area contributed by atoms with Gasteiger partial charge >= 0.3 is 5.97 Å². The second kappa shape index (κ2) is 5.37. The van der Waals surface area contributed by atoms with Crippen LogP contribution in [0.15, 0.2) is 18.2 Å². The lowest BCUT2D eigenvalue weighted by Crippen LogP contribution is -2.11. The minimum absolute atomic E-state index is 0.151. The first-order valence-electron chi connectivity index (χ1n) is 4.28. The van der Waals surface area contributed by atoms with Crippen molar-refractivity contribution in [2.75, 3.05) is 5.75 Å². The molecule has 0 spiro atoms. The summed E-state index contributed by atoms with van der Waals surface area (Å²) in [6.07, 6.45) is 0. The van der Waals surface area contributed by atoms with Crippen molar-refractivity contribution in [2.45, 2.75) is 5.75 Å². The molecule has 0 saturated heterocycles. The molecule has 6 heteroatoms. The standard InChI is InChI=1S/C10H8FNO3S/c11-9-3-7(4-12)1-2-8(9)5-16(15)6-10(13)14/h1-3H,5-6H2,(H,13,14). The second-order valence-electron chi connectivity index (χ2n) is 3.04. The normalized spacial score (nSPS) is 11.8. The zero-order chi connectivity index (χ0) is 12.1. The van der Waals surface area contributed by atoms with Gasteiger partial charge in [0.05, 0.1) is 17.4 Å². The Morgan fingerprint density at radius 3 is 2.75 bits per heavy atom. The molecule has 0 aromatic heterocycles. The molecule has 4 nitrogen and oxygen atoms in total. The Hall–Kier alpha value is -1.74. The largest absolute Gasteiger partial charge is 0.481 e. The van der Waals surface area contributed by atoms with Gasteiger partial charge in [-0.1, -0.05) is 6.07 Å². The van der Waals surface area contributed by atoms with Crippen molar-refractivity contribution >= 4 is 16.8 Å². The highest BCUT2D eigenvalue weighted by atomic mass is 32.2. The van der Waals surface area contributed by atoms with Crippen LogP contribution in [0.3, 0.4) is 0 Å². The highest BCUT2D eigenvalue weighted by Gasteiger charge is 2.10. The second-order valence-corrected chi connectivity index (χ2v) is 4.50. The van der Waals surface area contributed by atoms with Crippen molar-refractivity contribution in [2.24, 2.45) is 0 Å². The van der Waals surface area contributed by atoms with Gasteiger partial charge in [0, 0.05) is 16.4 Å². The summed E-state index contributed by atoms with van der Waals surface area (Å²) in [4.78, 5) is 10.3. The Morgan fingerprint density at radius 1 is 1.56 bits per heavy atom. The third kappa shape index (κ3) is 3.44. The van der Waals surface area contributed by atoms with E-state index < -0.39 is 28.3 Å². The van der Waals surface area contributed by atoms with Crippen molar-refractivity contribution in [3.63, 3.8) is 0 Å². The summed E-state index contributed by atoms with van der Waals surface area (Å²) in [5.74, 6) is -2.51. The Balaban J connectivity index is 2.79. The van der Waals surface area contributed by atoms with E-state index in [0.717, 1.165) is 6.07 Å². The van der Waals surface area contributed by atoms with E-state index in [2.05, 4.69) is 0 Å². The van der Waals surface area contributed by atoms with Crippen LogP contribution >= 0.6 is 0 Å². The lowest BCUT2D eigenvalue weighted by Gasteiger charge is -2.02. The first kappa shape index (κ1) is 12.3. The maximum atomic E-state index is 13.3. The number of carboxylic acid groups (broad SMARTS) is 1. The van der Waals surface area contributed by atoms with Crippen LogP contribution in [0, 0.1) is 17.1 Å². The molecule has 16 heavy (non-hydrogen) atoms. The van der Waals surface area contributed by atoms with Crippen LogP contribution < -0.4 is 0 Å². The van der Waals surface area contributed by atoms with Crippen LogP contribution in [-0.4, -0.2) is 21.0 Å². The fourth-order valence-electron chi connectivity index (χ4n) is 1.10. The molecule has 0 saturated carbocycles. The van der Waals surface area contributed by atoms with Gasteiger partial charge in [0.2, 0.25) is 0 Å². The van der Waals surface area contributed by atoms with Gasteiger partial charge in [0.25, 0.3) is 0 Å². The first-order valence-corrected chi connectivity index (χ1v) is 5.77. The smallest absolute Gasteiger partial charge is 0.316 e. The summed E-state index contributed by atoms with van der Waals surface area (Å²) in [5, 5.41) is 16.9. The number of nitriles is 1. The third-order valence-electron chi connectivity index (χ3n) is 1.78. The highest BCUT2D eigenvalue weighted by Crippen LogP contribution is 2.12. The molecule has 84 valence electrons. The van der Waals surface area contributed by atoms with Gasteiger partial charge in [0.1, 0.15) is 11.6 Å². The molecule has 0 radical (unpaired) electrons. The molecule has 0 aliphatic heterocycles. The summed E-state index contributed by atoms with van der Waals surface area (Å²) >= 11 is 0. The number of carbonyl (C=O) groups is 1. The molecule has 0 aliphatic carbocycles. The van der Waals surface area contributed by atoms with Crippen LogP contribution in [-0.2, 0) is 21.3 Å². The van der Waals surface area contributed by atoms with Gasteiger partial charge in [-0.15, -0.1) is 0 Å². The van der Waals surface area contributed by atoms with Gasteiger partial charge < -0.3 is 5.11 Å². The number of halogens is 1. The van der Waals surface area contributed by atoms with E-state index >= 15 is 0 Å². The summed E-state index contributed by atoms with van der Waals surface area (Å²) < 4.78 is 24.5. The molecule has 0 fully saturated rings. The van der Waals surface area contributed by atoms with Gasteiger partial charge in [-0.2, -0.15) is 5.26 Å². The Bertz CT molecular complexity index is 481. The fraction of sp³-hybridized carbons (Fsp3) is 0.200. The van der Waals surface area contributed by atoms with E-state index in [4.69, 9.17) is 10.4 Å². The molecule has 1 N–H and O–H groups in total. The summed E-state index contributed by atoms with van der Waals surface area (Å²) in [5.41, 5.74) is 0.323. The highest BCUT2D eigenvalue weighted by molar-refractivity contribution is 7.84. The van der Waals surface area contributed by atoms with Crippen molar-refractivity contribution < 1.29 is 18.5 Å². The minimum atomic E-state index is -1.64. The van der Waals surface area contributed by atoms with E-state index in [1.807, 2.05) is 0 Å². The quantitative estimate of drug-likeness (QED) is 0.854. The molecule has 1 rings (SSSR count). The summed E-state index contributed by atoms with van der Waals surface area (Å²) in [6, 6.07) is 5.55. The lowest BCUT2D eigenvalue weighted by molar-refractivity contribution is -0.133. The monoisotopic (exact) mass is 241 g/mol. The number of nitrogens with zero attached hydrogens (tertiary/aromatic N) is 1. The van der Waals surface area contributed by atoms with Crippen LogP contribution in [0.25, 0.3) is 0 Å². The zero-order valence-corrected chi connectivity index (χ0v) is 8.96. The molecule has 1 aromatic rings. The number of hydrogen-bond acceptors (Lipinski definition) is 3. The van der Waals surface area contributed by atoms with Crippen molar-refractivity contribution in [1.82, 2.24) is 0 Å². The molecule has 0 heterocycles. The lowest BCUT2D eigenvalue weighted by atomic mass is 10.1. The van der Waals surface area contributed by atoms with E-state index in [1.165, 1.54) is 12.1 Å². The topological polar surface area (TPSA) is 78.2 Å². The van der Waals surface area contributed by atoms with Crippen LogP contribution in [0.1, 0.15) is 11.1 Å². The average Bonchev–Trinajstić information content (AvgIpc) is 2.19. The van der Waals surface area contributed by atoms with Crippen LogP contribution in [0.2, 0.25) is 0 Å². The number of rotatable bonds is 4. The maximum Gasteiger partial charge on any atom is 0.316 e. The SMILES string of the molecule is N#Cc1ccc(CS(=O)CC(=O)O)c(F)c1.